The van der Waals surface area contributed by atoms with Crippen LogP contribution in [0.25, 0.3) is 0 Å². The van der Waals surface area contributed by atoms with Gasteiger partial charge in [0.2, 0.25) is 11.8 Å². The summed E-state index contributed by atoms with van der Waals surface area (Å²) in [6.45, 7) is 4.92. The first-order chi connectivity index (χ1) is 10.8. The molecule has 0 heterocycles. The Morgan fingerprint density at radius 3 is 2.13 bits per heavy atom. The molecule has 120 valence electrons. The van der Waals surface area contributed by atoms with E-state index in [1.807, 2.05) is 48.5 Å². The highest BCUT2D eigenvalue weighted by atomic mass is 79.9. The highest BCUT2D eigenvalue weighted by Crippen LogP contribution is 2.27. The van der Waals surface area contributed by atoms with Gasteiger partial charge >= 0.3 is 0 Å². The third-order valence-corrected chi connectivity index (χ3v) is 4.26. The topological polar surface area (TPSA) is 49.4 Å². The third kappa shape index (κ3) is 3.79. The molecule has 0 saturated heterocycles. The molecule has 2 aromatic rings. The van der Waals surface area contributed by atoms with Crippen LogP contribution in [0.3, 0.4) is 0 Å². The summed E-state index contributed by atoms with van der Waals surface area (Å²) in [4.78, 5) is 26.4. The van der Waals surface area contributed by atoms with E-state index in [2.05, 4.69) is 21.2 Å². The van der Waals surface area contributed by atoms with E-state index in [0.29, 0.717) is 11.4 Å². The molecule has 0 aliphatic heterocycles. The van der Waals surface area contributed by atoms with Crippen molar-refractivity contribution in [1.29, 1.82) is 0 Å². The minimum absolute atomic E-state index is 0.191. The normalized spacial score (nSPS) is 11.0. The largest absolute Gasteiger partial charge is 0.323 e. The first-order valence-electron chi connectivity index (χ1n) is 7.26. The first kappa shape index (κ1) is 17.2. The van der Waals surface area contributed by atoms with Crippen LogP contribution in [0.1, 0.15) is 20.8 Å². The van der Waals surface area contributed by atoms with Crippen molar-refractivity contribution in [3.63, 3.8) is 0 Å². The van der Waals surface area contributed by atoms with Crippen molar-refractivity contribution in [2.24, 2.45) is 0 Å². The summed E-state index contributed by atoms with van der Waals surface area (Å²) < 4.78 is 0.790. The van der Waals surface area contributed by atoms with E-state index in [4.69, 9.17) is 0 Å². The summed E-state index contributed by atoms with van der Waals surface area (Å²) in [6, 6.07) is 16.5. The Labute approximate surface area is 144 Å². The molecule has 2 rings (SSSR count). The average molecular weight is 375 g/mol. The van der Waals surface area contributed by atoms with E-state index in [1.165, 1.54) is 11.8 Å². The van der Waals surface area contributed by atoms with Crippen LogP contribution in [0.2, 0.25) is 0 Å². The van der Waals surface area contributed by atoms with E-state index in [1.54, 1.807) is 19.9 Å². The van der Waals surface area contributed by atoms with Gasteiger partial charge in [0, 0.05) is 17.1 Å². The molecule has 0 atom stereocenters. The van der Waals surface area contributed by atoms with Crippen molar-refractivity contribution >= 4 is 39.1 Å². The quantitative estimate of drug-likeness (QED) is 0.870. The number of nitrogens with zero attached hydrogens (tertiary/aromatic N) is 1. The predicted molar refractivity (Wildman–Crippen MR) is 96.5 cm³/mol. The lowest BCUT2D eigenvalue weighted by Crippen LogP contribution is -2.55. The summed E-state index contributed by atoms with van der Waals surface area (Å²) in [6.07, 6.45) is 0. The zero-order valence-corrected chi connectivity index (χ0v) is 14.9. The van der Waals surface area contributed by atoms with E-state index in [-0.39, 0.29) is 11.8 Å². The fourth-order valence-corrected chi connectivity index (χ4v) is 2.80. The van der Waals surface area contributed by atoms with E-state index >= 15 is 0 Å². The van der Waals surface area contributed by atoms with E-state index < -0.39 is 5.54 Å². The lowest BCUT2D eigenvalue weighted by molar-refractivity contribution is -0.125. The second-order valence-corrected chi connectivity index (χ2v) is 6.54. The maximum atomic E-state index is 12.8. The number of anilines is 2. The van der Waals surface area contributed by atoms with Crippen LogP contribution in [0.15, 0.2) is 59.1 Å². The number of para-hydroxylation sites is 2. The maximum absolute atomic E-state index is 12.8. The number of benzene rings is 2. The van der Waals surface area contributed by atoms with E-state index in [9.17, 15) is 9.59 Å². The lowest BCUT2D eigenvalue weighted by atomic mass is 9.99. The maximum Gasteiger partial charge on any atom is 0.250 e. The number of hydrogen-bond donors (Lipinski definition) is 1. The van der Waals surface area contributed by atoms with Crippen molar-refractivity contribution in [1.82, 2.24) is 0 Å². The lowest BCUT2D eigenvalue weighted by Gasteiger charge is -2.36. The van der Waals surface area contributed by atoms with Gasteiger partial charge in [-0.2, -0.15) is 0 Å². The zero-order valence-electron chi connectivity index (χ0n) is 13.3. The predicted octanol–water partition coefficient (Wildman–Crippen LogP) is 4.22. The van der Waals surface area contributed by atoms with Gasteiger partial charge in [0.25, 0.3) is 0 Å². The molecule has 0 unspecified atom stereocenters. The Morgan fingerprint density at radius 1 is 1.00 bits per heavy atom. The summed E-state index contributed by atoms with van der Waals surface area (Å²) in [5, 5.41) is 2.88. The number of carbonyl (C=O) groups excluding carboxylic acids is 2. The molecule has 0 bridgehead atoms. The molecule has 0 radical (unpaired) electrons. The van der Waals surface area contributed by atoms with Gasteiger partial charge in [0.1, 0.15) is 5.54 Å². The number of carbonyl (C=O) groups is 2. The molecule has 4 nitrogen and oxygen atoms in total. The fourth-order valence-electron chi connectivity index (χ4n) is 2.41. The Hall–Kier alpha value is -2.14. The molecule has 0 aliphatic rings. The second kappa shape index (κ2) is 6.96. The van der Waals surface area contributed by atoms with Crippen LogP contribution in [-0.2, 0) is 9.59 Å². The third-order valence-electron chi connectivity index (χ3n) is 3.57. The Kier molecular flexibility index (Phi) is 5.21. The van der Waals surface area contributed by atoms with Gasteiger partial charge in [-0.1, -0.05) is 30.3 Å². The fraction of sp³-hybridized carbons (Fsp3) is 0.222. The number of nitrogens with one attached hydrogen (secondary N) is 1. The van der Waals surface area contributed by atoms with Crippen molar-refractivity contribution in [3.8, 4) is 0 Å². The standard InChI is InChI=1S/C18H19BrN2O2/c1-13(22)21(14-9-5-4-6-10-14)18(2,3)17(23)20-16-12-8-7-11-15(16)19/h4-12H,1-3H3,(H,20,23). The zero-order chi connectivity index (χ0) is 17.0. The molecule has 0 saturated carbocycles. The van der Waals surface area contributed by atoms with Crippen LogP contribution >= 0.6 is 15.9 Å². The van der Waals surface area contributed by atoms with Crippen LogP contribution in [0.4, 0.5) is 11.4 Å². The molecule has 5 heteroatoms. The molecule has 0 spiro atoms. The Balaban J connectivity index is 2.32. The average Bonchev–Trinajstić information content (AvgIpc) is 2.50. The monoisotopic (exact) mass is 374 g/mol. The number of amides is 2. The van der Waals surface area contributed by atoms with Crippen molar-refractivity contribution in [3.05, 3.63) is 59.1 Å². The Bertz CT molecular complexity index is 714. The second-order valence-electron chi connectivity index (χ2n) is 5.68. The highest BCUT2D eigenvalue weighted by molar-refractivity contribution is 9.10. The van der Waals surface area contributed by atoms with Crippen LogP contribution < -0.4 is 10.2 Å². The van der Waals surface area contributed by atoms with Gasteiger partial charge in [-0.3, -0.25) is 14.5 Å². The smallest absolute Gasteiger partial charge is 0.250 e. The van der Waals surface area contributed by atoms with Gasteiger partial charge in [-0.15, -0.1) is 0 Å². The first-order valence-corrected chi connectivity index (χ1v) is 8.05. The van der Waals surface area contributed by atoms with Gasteiger partial charge in [-0.05, 0) is 54.0 Å². The molecule has 0 aromatic heterocycles. The molecule has 2 amide bonds. The Morgan fingerprint density at radius 2 is 1.57 bits per heavy atom. The number of rotatable bonds is 4. The van der Waals surface area contributed by atoms with Gasteiger partial charge in [-0.25, -0.2) is 0 Å². The minimum Gasteiger partial charge on any atom is -0.323 e. The van der Waals surface area contributed by atoms with Crippen molar-refractivity contribution in [2.75, 3.05) is 10.2 Å². The SMILES string of the molecule is CC(=O)N(c1ccccc1)C(C)(C)C(=O)Nc1ccccc1Br. The molecule has 2 aromatic carbocycles. The van der Waals surface area contributed by atoms with E-state index in [0.717, 1.165) is 4.47 Å². The van der Waals surface area contributed by atoms with Crippen molar-refractivity contribution < 1.29 is 9.59 Å². The summed E-state index contributed by atoms with van der Waals surface area (Å²) in [5.74, 6) is -0.452. The van der Waals surface area contributed by atoms with Crippen LogP contribution in [0.5, 0.6) is 0 Å². The number of hydrogen-bond acceptors (Lipinski definition) is 2. The highest BCUT2D eigenvalue weighted by Gasteiger charge is 2.37. The molecule has 0 aliphatic carbocycles. The van der Waals surface area contributed by atoms with Gasteiger partial charge in [0.15, 0.2) is 0 Å². The van der Waals surface area contributed by atoms with Gasteiger partial charge in [0.05, 0.1) is 5.69 Å². The summed E-state index contributed by atoms with van der Waals surface area (Å²) >= 11 is 3.41. The molecule has 23 heavy (non-hydrogen) atoms. The molecule has 0 fully saturated rings. The van der Waals surface area contributed by atoms with Crippen LogP contribution in [0, 0.1) is 0 Å². The molecule has 1 N–H and O–H groups in total. The number of halogens is 1. The minimum atomic E-state index is -1.04. The van der Waals surface area contributed by atoms with Crippen LogP contribution in [-0.4, -0.2) is 17.4 Å². The van der Waals surface area contributed by atoms with Crippen molar-refractivity contribution in [2.45, 2.75) is 26.3 Å². The molecular weight excluding hydrogens is 356 g/mol. The van der Waals surface area contributed by atoms with Gasteiger partial charge < -0.3 is 5.32 Å². The summed E-state index contributed by atoms with van der Waals surface area (Å²) in [7, 11) is 0. The summed E-state index contributed by atoms with van der Waals surface area (Å²) in [5.41, 5.74) is 0.317. The molecular formula is C18H19BrN2O2.